The van der Waals surface area contributed by atoms with E-state index < -0.39 is 0 Å². The molecule has 150 valence electrons. The molecule has 0 spiro atoms. The minimum atomic E-state index is -0.274. The minimum absolute atomic E-state index is 0.0249. The molecule has 1 atom stereocenters. The van der Waals surface area contributed by atoms with E-state index in [4.69, 9.17) is 0 Å². The van der Waals surface area contributed by atoms with Gasteiger partial charge in [0.15, 0.2) is 5.78 Å². The first-order valence-corrected chi connectivity index (χ1v) is 9.88. The van der Waals surface area contributed by atoms with Crippen LogP contribution in [0, 0.1) is 0 Å². The van der Waals surface area contributed by atoms with E-state index in [0.29, 0.717) is 22.4 Å². The summed E-state index contributed by atoms with van der Waals surface area (Å²) in [6, 6.07) is 21.4. The van der Waals surface area contributed by atoms with E-state index in [1.165, 1.54) is 12.5 Å². The van der Waals surface area contributed by atoms with Gasteiger partial charge in [-0.15, -0.1) is 0 Å². The highest BCUT2D eigenvalue weighted by molar-refractivity contribution is 6.09. The van der Waals surface area contributed by atoms with Crippen molar-refractivity contribution in [3.8, 4) is 0 Å². The Balaban J connectivity index is 1.48. The number of carbonyl (C=O) groups excluding carboxylic acids is 3. The highest BCUT2D eigenvalue weighted by atomic mass is 16.2. The molecular formula is C25H22N2O3. The van der Waals surface area contributed by atoms with Crippen LogP contribution < -0.4 is 10.2 Å². The predicted octanol–water partition coefficient (Wildman–Crippen LogP) is 4.73. The van der Waals surface area contributed by atoms with Crippen molar-refractivity contribution < 1.29 is 14.4 Å². The number of amides is 2. The van der Waals surface area contributed by atoms with Crippen molar-refractivity contribution >= 4 is 29.0 Å². The van der Waals surface area contributed by atoms with Crippen molar-refractivity contribution in [2.24, 2.45) is 0 Å². The van der Waals surface area contributed by atoms with Crippen LogP contribution in [-0.2, 0) is 6.42 Å². The zero-order valence-corrected chi connectivity index (χ0v) is 16.9. The number of ketones is 1. The van der Waals surface area contributed by atoms with E-state index in [-0.39, 0.29) is 23.6 Å². The van der Waals surface area contributed by atoms with Crippen LogP contribution in [-0.4, -0.2) is 23.6 Å². The number of fused-ring (bicyclic) bond motifs is 1. The van der Waals surface area contributed by atoms with Gasteiger partial charge < -0.3 is 10.2 Å². The van der Waals surface area contributed by atoms with Crippen molar-refractivity contribution in [1.82, 2.24) is 0 Å². The van der Waals surface area contributed by atoms with Gasteiger partial charge in [0.25, 0.3) is 11.8 Å². The van der Waals surface area contributed by atoms with Crippen LogP contribution in [0.3, 0.4) is 0 Å². The topological polar surface area (TPSA) is 66.5 Å². The van der Waals surface area contributed by atoms with Crippen molar-refractivity contribution in [3.63, 3.8) is 0 Å². The first-order chi connectivity index (χ1) is 14.4. The third-order valence-corrected chi connectivity index (χ3v) is 5.37. The molecule has 1 unspecified atom stereocenters. The Morgan fingerprint density at radius 1 is 0.833 bits per heavy atom. The van der Waals surface area contributed by atoms with Crippen molar-refractivity contribution in [1.29, 1.82) is 0 Å². The minimum Gasteiger partial charge on any atom is -0.322 e. The maximum absolute atomic E-state index is 13.1. The zero-order chi connectivity index (χ0) is 21.3. The highest BCUT2D eigenvalue weighted by Gasteiger charge is 2.31. The molecule has 0 bridgehead atoms. The molecular weight excluding hydrogens is 376 g/mol. The van der Waals surface area contributed by atoms with Crippen molar-refractivity contribution in [2.75, 3.05) is 10.2 Å². The van der Waals surface area contributed by atoms with Crippen molar-refractivity contribution in [3.05, 3.63) is 95.1 Å². The molecule has 5 nitrogen and oxygen atoms in total. The Labute approximate surface area is 175 Å². The lowest BCUT2D eigenvalue weighted by molar-refractivity contribution is 0.0977. The van der Waals surface area contributed by atoms with E-state index in [9.17, 15) is 14.4 Å². The third kappa shape index (κ3) is 3.74. The molecule has 1 N–H and O–H groups in total. The molecule has 30 heavy (non-hydrogen) atoms. The number of rotatable bonds is 4. The second kappa shape index (κ2) is 7.95. The lowest BCUT2D eigenvalue weighted by Crippen LogP contribution is -2.35. The number of benzene rings is 3. The molecule has 4 rings (SSSR count). The number of carbonyl (C=O) groups is 3. The van der Waals surface area contributed by atoms with Gasteiger partial charge in [-0.2, -0.15) is 0 Å². The lowest BCUT2D eigenvalue weighted by atomic mass is 10.1. The maximum Gasteiger partial charge on any atom is 0.258 e. The summed E-state index contributed by atoms with van der Waals surface area (Å²) in [5.74, 6) is -0.369. The van der Waals surface area contributed by atoms with Crippen LogP contribution in [0.4, 0.5) is 11.4 Å². The number of hydrogen-bond donors (Lipinski definition) is 1. The van der Waals surface area contributed by atoms with Crippen LogP contribution in [0.5, 0.6) is 0 Å². The molecule has 0 fully saturated rings. The van der Waals surface area contributed by atoms with E-state index in [1.54, 1.807) is 48.5 Å². The van der Waals surface area contributed by atoms with Crippen LogP contribution in [0.2, 0.25) is 0 Å². The molecule has 0 saturated carbocycles. The fourth-order valence-electron chi connectivity index (χ4n) is 3.77. The second-order valence-corrected chi connectivity index (χ2v) is 7.52. The fraction of sp³-hybridized carbons (Fsp3) is 0.160. The summed E-state index contributed by atoms with van der Waals surface area (Å²) in [5.41, 5.74) is 4.31. The van der Waals surface area contributed by atoms with Gasteiger partial charge in [-0.1, -0.05) is 18.2 Å². The number of Topliss-reactive ketones (excluding diaryl/α,β-unsaturated/α-hetero) is 1. The molecule has 3 aromatic carbocycles. The number of para-hydroxylation sites is 1. The summed E-state index contributed by atoms with van der Waals surface area (Å²) in [6.07, 6.45) is 0.838. The molecule has 3 aromatic rings. The summed E-state index contributed by atoms with van der Waals surface area (Å²) in [7, 11) is 0. The second-order valence-electron chi connectivity index (χ2n) is 7.52. The molecule has 1 heterocycles. The van der Waals surface area contributed by atoms with Crippen LogP contribution >= 0.6 is 0 Å². The van der Waals surface area contributed by atoms with Crippen LogP contribution in [0.15, 0.2) is 72.8 Å². The van der Waals surface area contributed by atoms with Gasteiger partial charge in [-0.25, -0.2) is 0 Å². The number of nitrogens with zero attached hydrogens (tertiary/aromatic N) is 1. The monoisotopic (exact) mass is 398 g/mol. The Hall–Kier alpha value is -3.73. The van der Waals surface area contributed by atoms with E-state index in [2.05, 4.69) is 11.4 Å². The van der Waals surface area contributed by atoms with Gasteiger partial charge >= 0.3 is 0 Å². The molecule has 1 aliphatic rings. The Morgan fingerprint density at radius 3 is 2.10 bits per heavy atom. The molecule has 5 heteroatoms. The largest absolute Gasteiger partial charge is 0.322 e. The van der Waals surface area contributed by atoms with Crippen molar-refractivity contribution in [2.45, 2.75) is 26.3 Å². The highest BCUT2D eigenvalue weighted by Crippen LogP contribution is 2.33. The van der Waals surface area contributed by atoms with Gasteiger partial charge in [0.2, 0.25) is 0 Å². The first-order valence-electron chi connectivity index (χ1n) is 9.88. The smallest absolute Gasteiger partial charge is 0.258 e. The van der Waals surface area contributed by atoms with Crippen LogP contribution in [0.25, 0.3) is 0 Å². The van der Waals surface area contributed by atoms with Gasteiger partial charge in [-0.3, -0.25) is 14.4 Å². The molecule has 0 aliphatic carbocycles. The van der Waals surface area contributed by atoms with Gasteiger partial charge in [0.1, 0.15) is 0 Å². The molecule has 1 aliphatic heterocycles. The van der Waals surface area contributed by atoms with Gasteiger partial charge in [0, 0.05) is 34.1 Å². The Morgan fingerprint density at radius 2 is 1.43 bits per heavy atom. The van der Waals surface area contributed by atoms with E-state index in [1.807, 2.05) is 30.0 Å². The van der Waals surface area contributed by atoms with E-state index >= 15 is 0 Å². The summed E-state index contributed by atoms with van der Waals surface area (Å²) in [5, 5.41) is 2.80. The number of anilines is 2. The van der Waals surface area contributed by atoms with Gasteiger partial charge in [0.05, 0.1) is 0 Å². The average molecular weight is 398 g/mol. The predicted molar refractivity (Wildman–Crippen MR) is 117 cm³/mol. The zero-order valence-electron chi connectivity index (χ0n) is 16.9. The normalized spacial score (nSPS) is 14.9. The lowest BCUT2D eigenvalue weighted by Gasteiger charge is -2.23. The Kier molecular flexibility index (Phi) is 5.19. The van der Waals surface area contributed by atoms with E-state index in [0.717, 1.165) is 12.1 Å². The fourth-order valence-corrected chi connectivity index (χ4v) is 3.77. The van der Waals surface area contributed by atoms with Crippen LogP contribution in [0.1, 0.15) is 50.5 Å². The Bertz CT molecular complexity index is 1120. The summed E-state index contributed by atoms with van der Waals surface area (Å²) in [4.78, 5) is 38.8. The van der Waals surface area contributed by atoms with Gasteiger partial charge in [-0.05, 0) is 80.4 Å². The molecule has 0 radical (unpaired) electrons. The quantitative estimate of drug-likeness (QED) is 0.646. The summed E-state index contributed by atoms with van der Waals surface area (Å²) >= 11 is 0. The number of hydrogen-bond acceptors (Lipinski definition) is 3. The average Bonchev–Trinajstić information content (AvgIpc) is 3.09. The first kappa shape index (κ1) is 19.6. The maximum atomic E-state index is 13.1. The molecule has 0 aromatic heterocycles. The molecule has 2 amide bonds. The standard InChI is InChI=1S/C25H22N2O3/c1-16-15-21-5-3-4-6-23(21)27(16)25(30)20-9-7-19(8-10-20)24(29)26-22-13-11-18(12-14-22)17(2)28/h3-14,16H,15H2,1-2H3,(H,26,29). The molecule has 0 saturated heterocycles. The summed E-state index contributed by atoms with van der Waals surface area (Å²) in [6.45, 7) is 3.54. The summed E-state index contributed by atoms with van der Waals surface area (Å²) < 4.78 is 0. The SMILES string of the molecule is CC(=O)c1ccc(NC(=O)c2ccc(C(=O)N3c4ccccc4CC3C)cc2)cc1. The number of nitrogens with one attached hydrogen (secondary N) is 1. The third-order valence-electron chi connectivity index (χ3n) is 5.37.